The summed E-state index contributed by atoms with van der Waals surface area (Å²) < 4.78 is 26.7. The summed E-state index contributed by atoms with van der Waals surface area (Å²) in [6.07, 6.45) is 1.21. The van der Waals surface area contributed by atoms with Gasteiger partial charge in [-0.05, 0) is 28.1 Å². The number of halogens is 4. The van der Waals surface area contributed by atoms with Crippen molar-refractivity contribution in [2.75, 3.05) is 10.7 Å². The third-order valence-corrected chi connectivity index (χ3v) is 3.40. The lowest BCUT2D eigenvalue weighted by Crippen LogP contribution is -2.15. The Morgan fingerprint density at radius 3 is 2.62 bits per heavy atom. The van der Waals surface area contributed by atoms with E-state index in [1.54, 1.807) is 0 Å². The number of nitrogen functional groups attached to an aromatic ring is 1. The lowest BCUT2D eigenvalue weighted by Gasteiger charge is -2.09. The average molecular weight is 378 g/mol. The predicted molar refractivity (Wildman–Crippen MR) is 79.1 cm³/mol. The van der Waals surface area contributed by atoms with E-state index in [1.807, 2.05) is 0 Å². The molecule has 0 bridgehead atoms. The van der Waals surface area contributed by atoms with Gasteiger partial charge >= 0.3 is 0 Å². The molecule has 5 nitrogen and oxygen atoms in total. The molecule has 1 aromatic heterocycles. The number of carbonyl (C=O) groups is 1. The van der Waals surface area contributed by atoms with Crippen LogP contribution < -0.4 is 16.6 Å². The first-order chi connectivity index (χ1) is 9.92. The maximum Gasteiger partial charge on any atom is 0.257 e. The van der Waals surface area contributed by atoms with E-state index in [1.165, 1.54) is 12.3 Å². The number of nitrogens with zero attached hydrogens (tertiary/aromatic N) is 1. The first-order valence-electron chi connectivity index (χ1n) is 5.50. The van der Waals surface area contributed by atoms with Crippen LogP contribution in [0.5, 0.6) is 0 Å². The Morgan fingerprint density at radius 1 is 1.33 bits per heavy atom. The predicted octanol–water partition coefficient (Wildman–Crippen LogP) is 3.31. The van der Waals surface area contributed by atoms with Crippen molar-refractivity contribution < 1.29 is 13.6 Å². The van der Waals surface area contributed by atoms with Crippen molar-refractivity contribution in [1.29, 1.82) is 0 Å². The average Bonchev–Trinajstić information content (AvgIpc) is 2.42. The second kappa shape index (κ2) is 6.33. The van der Waals surface area contributed by atoms with Crippen LogP contribution >= 0.6 is 27.5 Å². The minimum absolute atomic E-state index is 0.0765. The van der Waals surface area contributed by atoms with E-state index in [0.29, 0.717) is 6.07 Å². The van der Waals surface area contributed by atoms with E-state index in [9.17, 15) is 13.6 Å². The summed E-state index contributed by atoms with van der Waals surface area (Å²) in [5.74, 6) is 3.04. The van der Waals surface area contributed by atoms with Gasteiger partial charge in [0.1, 0.15) is 5.82 Å². The first kappa shape index (κ1) is 15.6. The molecular formula is C12H8BrClF2N4O. The molecule has 1 aromatic carbocycles. The summed E-state index contributed by atoms with van der Waals surface area (Å²) >= 11 is 8.82. The lowest BCUT2D eigenvalue weighted by atomic mass is 10.2. The molecule has 0 spiro atoms. The smallest absolute Gasteiger partial charge is 0.257 e. The quantitative estimate of drug-likeness (QED) is 0.566. The normalized spacial score (nSPS) is 10.3. The fourth-order valence-corrected chi connectivity index (χ4v) is 2.24. The number of nitrogens with one attached hydrogen (secondary N) is 2. The Bertz CT molecular complexity index is 691. The molecule has 21 heavy (non-hydrogen) atoms. The summed E-state index contributed by atoms with van der Waals surface area (Å²) in [5.41, 5.74) is 2.16. The van der Waals surface area contributed by atoms with Gasteiger partial charge in [-0.2, -0.15) is 0 Å². The van der Waals surface area contributed by atoms with Crippen molar-refractivity contribution in [3.63, 3.8) is 0 Å². The van der Waals surface area contributed by atoms with E-state index in [0.717, 1.165) is 6.07 Å². The van der Waals surface area contributed by atoms with Crippen LogP contribution in [0.4, 0.5) is 20.3 Å². The van der Waals surface area contributed by atoms with Crippen LogP contribution in [-0.4, -0.2) is 10.9 Å². The second-order valence-electron chi connectivity index (χ2n) is 3.90. The van der Waals surface area contributed by atoms with Crippen molar-refractivity contribution in [2.45, 2.75) is 0 Å². The number of aromatic nitrogens is 1. The number of hydrogen-bond acceptors (Lipinski definition) is 4. The summed E-state index contributed by atoms with van der Waals surface area (Å²) in [6.45, 7) is 0. The monoisotopic (exact) mass is 376 g/mol. The molecule has 0 saturated carbocycles. The van der Waals surface area contributed by atoms with Crippen LogP contribution in [0.3, 0.4) is 0 Å². The Labute approximate surface area is 131 Å². The van der Waals surface area contributed by atoms with Crippen LogP contribution in [0.15, 0.2) is 28.9 Å². The standard InChI is InChI=1S/C12H8BrClF2N4O/c13-7-2-6(15)3-9(16)10(7)19-12(21)5-1-8(14)11(20-17)18-4-5/h1-4H,17H2,(H,18,20)(H,19,21). The second-order valence-corrected chi connectivity index (χ2v) is 5.16. The number of pyridine rings is 1. The molecule has 1 amide bonds. The third-order valence-electron chi connectivity index (χ3n) is 2.49. The number of rotatable bonds is 3. The maximum absolute atomic E-state index is 13.6. The SMILES string of the molecule is NNc1ncc(C(=O)Nc2c(F)cc(F)cc2Br)cc1Cl. The summed E-state index contributed by atoms with van der Waals surface area (Å²) in [6, 6.07) is 3.01. The largest absolute Gasteiger partial charge is 0.318 e. The van der Waals surface area contributed by atoms with Crippen LogP contribution in [-0.2, 0) is 0 Å². The molecule has 0 aliphatic rings. The van der Waals surface area contributed by atoms with Gasteiger partial charge in [0.05, 0.1) is 16.3 Å². The molecule has 0 radical (unpaired) electrons. The van der Waals surface area contributed by atoms with E-state index in [2.05, 4.69) is 31.7 Å². The number of amides is 1. The molecule has 0 aliphatic heterocycles. The molecule has 0 saturated heterocycles. The minimum atomic E-state index is -0.908. The number of benzene rings is 1. The minimum Gasteiger partial charge on any atom is -0.318 e. The van der Waals surface area contributed by atoms with Gasteiger partial charge in [-0.3, -0.25) is 4.79 Å². The summed E-state index contributed by atoms with van der Waals surface area (Å²) in [4.78, 5) is 15.8. The van der Waals surface area contributed by atoms with Crippen LogP contribution in [0, 0.1) is 11.6 Å². The molecule has 9 heteroatoms. The highest BCUT2D eigenvalue weighted by Gasteiger charge is 2.15. The molecule has 0 unspecified atom stereocenters. The van der Waals surface area contributed by atoms with E-state index in [-0.39, 0.29) is 26.6 Å². The molecule has 1 heterocycles. The highest BCUT2D eigenvalue weighted by molar-refractivity contribution is 9.10. The Kier molecular flexibility index (Phi) is 4.71. The van der Waals surface area contributed by atoms with Crippen LogP contribution in [0.25, 0.3) is 0 Å². The van der Waals surface area contributed by atoms with Crippen LogP contribution in [0.2, 0.25) is 5.02 Å². The Balaban J connectivity index is 2.28. The van der Waals surface area contributed by atoms with E-state index in [4.69, 9.17) is 17.4 Å². The molecule has 0 fully saturated rings. The van der Waals surface area contributed by atoms with Crippen molar-refractivity contribution in [2.24, 2.45) is 5.84 Å². The van der Waals surface area contributed by atoms with Gasteiger partial charge in [0.15, 0.2) is 11.6 Å². The molecule has 0 atom stereocenters. The van der Waals surface area contributed by atoms with Crippen molar-refractivity contribution in [3.8, 4) is 0 Å². The zero-order valence-electron chi connectivity index (χ0n) is 10.3. The van der Waals surface area contributed by atoms with Crippen molar-refractivity contribution >= 4 is 44.9 Å². The zero-order chi connectivity index (χ0) is 15.6. The number of hydrogen-bond donors (Lipinski definition) is 3. The van der Waals surface area contributed by atoms with Gasteiger partial charge in [0.25, 0.3) is 5.91 Å². The lowest BCUT2D eigenvalue weighted by molar-refractivity contribution is 0.102. The third kappa shape index (κ3) is 3.46. The molecule has 110 valence electrons. The van der Waals surface area contributed by atoms with Gasteiger partial charge in [-0.15, -0.1) is 0 Å². The maximum atomic E-state index is 13.6. The number of nitrogens with two attached hydrogens (primary N) is 1. The van der Waals surface area contributed by atoms with Gasteiger partial charge in [-0.1, -0.05) is 11.6 Å². The Morgan fingerprint density at radius 2 is 2.05 bits per heavy atom. The number of carbonyl (C=O) groups excluding carboxylic acids is 1. The van der Waals surface area contributed by atoms with E-state index < -0.39 is 17.5 Å². The zero-order valence-corrected chi connectivity index (χ0v) is 12.6. The topological polar surface area (TPSA) is 80.0 Å². The fraction of sp³-hybridized carbons (Fsp3) is 0. The number of hydrazine groups is 1. The molecule has 2 aromatic rings. The van der Waals surface area contributed by atoms with Crippen molar-refractivity contribution in [3.05, 3.63) is 51.1 Å². The van der Waals surface area contributed by atoms with Crippen LogP contribution in [0.1, 0.15) is 10.4 Å². The van der Waals surface area contributed by atoms with Crippen molar-refractivity contribution in [1.82, 2.24) is 4.98 Å². The fourth-order valence-electron chi connectivity index (χ4n) is 1.52. The Hall–Kier alpha value is -1.77. The highest BCUT2D eigenvalue weighted by Crippen LogP contribution is 2.27. The van der Waals surface area contributed by atoms with Gasteiger partial charge < -0.3 is 10.7 Å². The summed E-state index contributed by atoms with van der Waals surface area (Å²) in [7, 11) is 0. The van der Waals surface area contributed by atoms with E-state index >= 15 is 0 Å². The molecular weight excluding hydrogens is 370 g/mol. The van der Waals surface area contributed by atoms with Gasteiger partial charge in [0, 0.05) is 16.7 Å². The molecule has 0 aliphatic carbocycles. The summed E-state index contributed by atoms with van der Waals surface area (Å²) in [5, 5.41) is 2.44. The first-order valence-corrected chi connectivity index (χ1v) is 6.67. The number of anilines is 2. The molecule has 2 rings (SSSR count). The van der Waals surface area contributed by atoms with Gasteiger partial charge in [-0.25, -0.2) is 19.6 Å². The highest BCUT2D eigenvalue weighted by atomic mass is 79.9. The molecule has 4 N–H and O–H groups in total. The van der Waals surface area contributed by atoms with Gasteiger partial charge in [0.2, 0.25) is 0 Å².